The van der Waals surface area contributed by atoms with Crippen molar-refractivity contribution in [3.05, 3.63) is 12.7 Å². The maximum absolute atomic E-state index is 15.7. The van der Waals surface area contributed by atoms with Crippen LogP contribution in [0.5, 0.6) is 0 Å². The summed E-state index contributed by atoms with van der Waals surface area (Å²) < 4.78 is 10.8. The highest BCUT2D eigenvalue weighted by molar-refractivity contribution is 7.95. The van der Waals surface area contributed by atoms with Gasteiger partial charge in [0.25, 0.3) is 5.91 Å². The Kier molecular flexibility index (Phi) is 13.5. The second-order valence-corrected chi connectivity index (χ2v) is 21.1. The predicted molar refractivity (Wildman–Crippen MR) is 234 cm³/mol. The lowest BCUT2D eigenvalue weighted by molar-refractivity contribution is -0.147. The minimum atomic E-state index is -1.14. The third-order valence-corrected chi connectivity index (χ3v) is 18.4. The molecule has 7 fully saturated rings. The van der Waals surface area contributed by atoms with Crippen molar-refractivity contribution in [3.8, 4) is 0 Å². The summed E-state index contributed by atoms with van der Waals surface area (Å²) in [6.07, 6.45) is 14.7. The van der Waals surface area contributed by atoms with Gasteiger partial charge in [0.15, 0.2) is 0 Å². The van der Waals surface area contributed by atoms with Gasteiger partial charge in [-0.1, -0.05) is 79.7 Å². The monoisotopic (exact) mass is 854 g/mol. The van der Waals surface area contributed by atoms with E-state index in [1.807, 2.05) is 18.2 Å². The highest BCUT2D eigenvalue weighted by Gasteiger charge is 2.85. The van der Waals surface area contributed by atoms with E-state index < -0.39 is 29.1 Å². The molecule has 2 spiro atoms. The van der Waals surface area contributed by atoms with Gasteiger partial charge in [-0.05, 0) is 94.0 Å². The Balaban J connectivity index is 1.18. The van der Waals surface area contributed by atoms with Gasteiger partial charge in [0.05, 0.1) is 6.04 Å². The van der Waals surface area contributed by atoms with E-state index in [4.69, 9.17) is 4.74 Å². The van der Waals surface area contributed by atoms with Crippen LogP contribution in [0.1, 0.15) is 138 Å². The van der Waals surface area contributed by atoms with Crippen LogP contribution in [0.25, 0.3) is 0 Å². The number of hydrogen-bond acceptors (Lipinski definition) is 9. The molecule has 0 aromatic carbocycles. The molecule has 5 amide bonds. The molecule has 0 aromatic rings. The Bertz CT molecular complexity index is 1640. The van der Waals surface area contributed by atoms with E-state index >= 15 is 4.79 Å². The predicted octanol–water partition coefficient (Wildman–Crippen LogP) is 5.11. The number of piperidine rings is 1. The standard InChI is InChI=1S/C46H75N7O6S/c1-8-32-28-46(32,41(58)50-60-52(10-3)11-4)49-38(55)34-29-45(42(5,6)44(45)21-17-22-44)30-53(34)40(57)36(43(7)23-26-59-27-24-43)48-39(56)35(31-18-13-12-14-19-31)47-37(54)33-20-15-16-25-51(33)9-2/h8,31-36H,1,9-30H2,2-7H3,(H,47,54)(H,48,56)(H,49,55)(H,50,58). The van der Waals surface area contributed by atoms with Crippen LogP contribution in [0.15, 0.2) is 12.7 Å². The van der Waals surface area contributed by atoms with Crippen molar-refractivity contribution in [1.82, 2.24) is 34.8 Å². The molecule has 3 heterocycles. The molecule has 7 unspecified atom stereocenters. The number of nitrogens with zero attached hydrogens (tertiary/aromatic N) is 3. The molecular formula is C46H75N7O6S. The van der Waals surface area contributed by atoms with E-state index in [2.05, 4.69) is 59.8 Å². The van der Waals surface area contributed by atoms with Gasteiger partial charge >= 0.3 is 0 Å². The van der Waals surface area contributed by atoms with E-state index in [-0.39, 0.29) is 63.7 Å². The molecule has 4 aliphatic carbocycles. The number of hydrogen-bond donors (Lipinski definition) is 4. The number of carbonyl (C=O) groups excluding carboxylic acids is 5. The minimum Gasteiger partial charge on any atom is -0.381 e. The smallest absolute Gasteiger partial charge is 0.257 e. The number of rotatable bonds is 16. The quantitative estimate of drug-likeness (QED) is 0.123. The summed E-state index contributed by atoms with van der Waals surface area (Å²) in [5, 5.41) is 9.77. The summed E-state index contributed by atoms with van der Waals surface area (Å²) in [5.41, 5.74) is -2.07. The highest BCUT2D eigenvalue weighted by Crippen LogP contribution is 2.88. The van der Waals surface area contributed by atoms with Gasteiger partial charge in [0.2, 0.25) is 23.6 Å². The fraction of sp³-hybridized carbons (Fsp3) is 0.848. The average molecular weight is 854 g/mol. The number of nitrogens with one attached hydrogen (secondary N) is 4. The van der Waals surface area contributed by atoms with Gasteiger partial charge < -0.3 is 25.6 Å². The molecule has 3 saturated heterocycles. The number of fused-ring (bicyclic) bond motifs is 1. The zero-order valence-electron chi connectivity index (χ0n) is 37.5. The zero-order valence-corrected chi connectivity index (χ0v) is 38.3. The molecule has 0 aromatic heterocycles. The van der Waals surface area contributed by atoms with Gasteiger partial charge in [0, 0.05) is 61.7 Å². The second kappa shape index (κ2) is 17.8. The Labute approximate surface area is 363 Å². The number of carbonyl (C=O) groups is 5. The van der Waals surface area contributed by atoms with Crippen molar-refractivity contribution in [1.29, 1.82) is 0 Å². The summed E-state index contributed by atoms with van der Waals surface area (Å²) in [7, 11) is 0. The van der Waals surface area contributed by atoms with Gasteiger partial charge in [0.1, 0.15) is 23.7 Å². The summed E-state index contributed by atoms with van der Waals surface area (Å²) in [5.74, 6) is -1.53. The first-order valence-electron chi connectivity index (χ1n) is 23.6. The Morgan fingerprint density at radius 3 is 2.10 bits per heavy atom. The van der Waals surface area contributed by atoms with Crippen LogP contribution in [0.2, 0.25) is 0 Å². The zero-order chi connectivity index (χ0) is 43.1. The van der Waals surface area contributed by atoms with Crippen LogP contribution in [0, 0.1) is 33.5 Å². The Hall–Kier alpha value is -2.68. The highest BCUT2D eigenvalue weighted by atomic mass is 32.2. The number of likely N-dealkylation sites (N-methyl/N-ethyl adjacent to an activating group) is 1. The van der Waals surface area contributed by atoms with Crippen molar-refractivity contribution < 1.29 is 28.7 Å². The van der Waals surface area contributed by atoms with Gasteiger partial charge in [-0.25, -0.2) is 4.31 Å². The molecule has 13 nitrogen and oxygen atoms in total. The van der Waals surface area contributed by atoms with Crippen molar-refractivity contribution in [3.63, 3.8) is 0 Å². The maximum Gasteiger partial charge on any atom is 0.257 e. The van der Waals surface area contributed by atoms with Crippen molar-refractivity contribution in [2.45, 2.75) is 168 Å². The third kappa shape index (κ3) is 7.84. The molecule has 7 rings (SSSR count). The van der Waals surface area contributed by atoms with Crippen LogP contribution in [0.4, 0.5) is 0 Å². The third-order valence-electron chi connectivity index (χ3n) is 17.3. The first-order chi connectivity index (χ1) is 28.7. The molecule has 7 atom stereocenters. The van der Waals surface area contributed by atoms with Crippen LogP contribution < -0.4 is 20.7 Å². The summed E-state index contributed by atoms with van der Waals surface area (Å²) in [6, 6.07) is -2.79. The van der Waals surface area contributed by atoms with Crippen molar-refractivity contribution in [2.75, 3.05) is 45.9 Å². The first-order valence-corrected chi connectivity index (χ1v) is 24.4. The molecular weight excluding hydrogens is 779 g/mol. The van der Waals surface area contributed by atoms with Gasteiger partial charge in [-0.2, -0.15) is 0 Å². The minimum absolute atomic E-state index is 0.0301. The van der Waals surface area contributed by atoms with Crippen molar-refractivity contribution in [2.24, 2.45) is 33.5 Å². The van der Waals surface area contributed by atoms with E-state index in [9.17, 15) is 19.2 Å². The summed E-state index contributed by atoms with van der Waals surface area (Å²) in [4.78, 5) is 77.5. The Morgan fingerprint density at radius 1 is 0.833 bits per heavy atom. The lowest BCUT2D eigenvalue weighted by atomic mass is 9.73. The lowest BCUT2D eigenvalue weighted by Gasteiger charge is -2.43. The van der Waals surface area contributed by atoms with Crippen LogP contribution >= 0.6 is 12.1 Å². The summed E-state index contributed by atoms with van der Waals surface area (Å²) in [6.45, 7) is 21.3. The molecule has 7 aliphatic rings. The molecule has 60 heavy (non-hydrogen) atoms. The largest absolute Gasteiger partial charge is 0.381 e. The van der Waals surface area contributed by atoms with Crippen molar-refractivity contribution >= 4 is 41.7 Å². The van der Waals surface area contributed by atoms with Crippen LogP contribution in [0.3, 0.4) is 0 Å². The topological polar surface area (TPSA) is 152 Å². The Morgan fingerprint density at radius 2 is 1.52 bits per heavy atom. The van der Waals surface area contributed by atoms with E-state index in [1.54, 1.807) is 11.0 Å². The second-order valence-electron chi connectivity index (χ2n) is 20.2. The number of ether oxygens (including phenoxy) is 1. The first kappa shape index (κ1) is 45.3. The SMILES string of the molecule is C=CC1CC1(NC(=O)C1CC2(CN1C(=O)C(NC(=O)C(NC(=O)C1CCCCN1CC)C1CCCCC1)C1(C)CCOCC1)C(C)(C)C21CCC1)C(=O)NSN(CC)CC. The molecule has 3 aliphatic heterocycles. The van der Waals surface area contributed by atoms with Crippen LogP contribution in [-0.2, 0) is 28.7 Å². The molecule has 336 valence electrons. The molecule has 4 saturated carbocycles. The molecule has 0 bridgehead atoms. The molecule has 14 heteroatoms. The number of amides is 5. The fourth-order valence-corrected chi connectivity index (χ4v) is 13.4. The van der Waals surface area contributed by atoms with E-state index in [1.165, 1.54) is 12.1 Å². The molecule has 4 N–H and O–H groups in total. The summed E-state index contributed by atoms with van der Waals surface area (Å²) >= 11 is 1.25. The van der Waals surface area contributed by atoms with Gasteiger partial charge in [-0.15, -0.1) is 6.58 Å². The maximum atomic E-state index is 15.7. The van der Waals surface area contributed by atoms with Gasteiger partial charge in [-0.3, -0.25) is 33.6 Å². The number of likely N-dealkylation sites (tertiary alicyclic amines) is 2. The van der Waals surface area contributed by atoms with Crippen LogP contribution in [-0.4, -0.2) is 119 Å². The normalized spacial score (nSPS) is 32.7. The average Bonchev–Trinajstić information content (AvgIpc) is 3.97. The van der Waals surface area contributed by atoms with E-state index in [0.29, 0.717) is 45.4 Å². The molecule has 0 radical (unpaired) electrons. The fourth-order valence-electron chi connectivity index (χ4n) is 12.8. The lowest BCUT2D eigenvalue weighted by Crippen LogP contribution is -2.64. The van der Waals surface area contributed by atoms with E-state index in [0.717, 1.165) is 96.8 Å².